The Hall–Kier alpha value is -2.49. The van der Waals surface area contributed by atoms with Crippen LogP contribution in [0.15, 0.2) is 68.7 Å². The van der Waals surface area contributed by atoms with Gasteiger partial charge in [0.2, 0.25) is 0 Å². The zero-order chi connectivity index (χ0) is 19.6. The molecule has 3 aromatic carbocycles. The van der Waals surface area contributed by atoms with Gasteiger partial charge in [0.15, 0.2) is 11.0 Å². The Bertz CT molecular complexity index is 1580. The molecule has 0 radical (unpaired) electrons. The smallest absolute Gasteiger partial charge is 0.867 e. The summed E-state index contributed by atoms with van der Waals surface area (Å²) in [5.41, 5.74) is 0.312. The van der Waals surface area contributed by atoms with Gasteiger partial charge in [0.25, 0.3) is 10.1 Å². The van der Waals surface area contributed by atoms with E-state index in [9.17, 15) is 22.9 Å². The Morgan fingerprint density at radius 1 is 0.966 bits per heavy atom. The summed E-state index contributed by atoms with van der Waals surface area (Å²) in [6.07, 6.45) is 0. The predicted octanol–water partition coefficient (Wildman–Crippen LogP) is -0.0765. The molecular weight excluding hydrogens is 405 g/mol. The van der Waals surface area contributed by atoms with Crippen LogP contribution in [0.25, 0.3) is 44.1 Å². The van der Waals surface area contributed by atoms with E-state index in [2.05, 4.69) is 4.98 Å². The molecule has 1 aliphatic carbocycles. The molecule has 0 bridgehead atoms. The zero-order valence-electron chi connectivity index (χ0n) is 15.0. The molecule has 0 saturated carbocycles. The van der Waals surface area contributed by atoms with E-state index in [1.165, 1.54) is 24.3 Å². The molecule has 1 heterocycles. The van der Waals surface area contributed by atoms with Crippen LogP contribution in [-0.4, -0.2) is 18.0 Å². The van der Waals surface area contributed by atoms with Gasteiger partial charge in [0, 0.05) is 16.2 Å². The van der Waals surface area contributed by atoms with Gasteiger partial charge < -0.3 is 9.52 Å². The molecular formula is C20H10NNaO6S. The number of hydrogen-bond acceptors (Lipinski definition) is 6. The average Bonchev–Trinajstić information content (AvgIpc) is 2.69. The van der Waals surface area contributed by atoms with Crippen molar-refractivity contribution in [3.05, 3.63) is 64.8 Å². The van der Waals surface area contributed by atoms with E-state index in [1.54, 1.807) is 30.3 Å². The molecule has 5 rings (SSSR count). The number of benzene rings is 4. The Morgan fingerprint density at radius 2 is 1.69 bits per heavy atom. The predicted molar refractivity (Wildman–Crippen MR) is 101 cm³/mol. The standard InChI is InChI=1S/C20H11NO6S.Na/c22-18-14-4-2-1-3-13(14)17-20(19(18)23)27-15-8-5-10-9-11(28(24,25)26)6-7-12(10)16(15)21-17;/h1-9,23H,(H,24,25,26);/q;+1/p-1. The van der Waals surface area contributed by atoms with Crippen molar-refractivity contribution in [3.63, 3.8) is 0 Å². The topological polar surface area (TPSA) is 121 Å². The van der Waals surface area contributed by atoms with Crippen molar-refractivity contribution in [3.8, 4) is 17.2 Å². The monoisotopic (exact) mass is 415 g/mol. The van der Waals surface area contributed by atoms with Gasteiger partial charge >= 0.3 is 29.6 Å². The van der Waals surface area contributed by atoms with E-state index in [0.29, 0.717) is 21.7 Å². The molecule has 9 heteroatoms. The van der Waals surface area contributed by atoms with Gasteiger partial charge in [-0.15, -0.1) is 0 Å². The van der Waals surface area contributed by atoms with Crippen molar-refractivity contribution in [1.82, 2.24) is 4.98 Å². The summed E-state index contributed by atoms with van der Waals surface area (Å²) in [6, 6.07) is 13.9. The molecule has 138 valence electrons. The summed E-state index contributed by atoms with van der Waals surface area (Å²) in [4.78, 5) is 16.7. The first-order valence-electron chi connectivity index (χ1n) is 8.21. The molecule has 1 aliphatic heterocycles. The van der Waals surface area contributed by atoms with Gasteiger partial charge in [-0.1, -0.05) is 36.4 Å². The first-order chi connectivity index (χ1) is 13.3. The molecule has 1 N–H and O–H groups in total. The Balaban J connectivity index is 0.00000205. The summed E-state index contributed by atoms with van der Waals surface area (Å²) in [5, 5.41) is 14.3. The second kappa shape index (κ2) is 6.79. The van der Waals surface area contributed by atoms with Crippen LogP contribution in [-0.2, 0) is 10.1 Å². The minimum atomic E-state index is -4.34. The second-order valence-corrected chi connectivity index (χ2v) is 7.79. The molecule has 0 aromatic heterocycles. The van der Waals surface area contributed by atoms with Gasteiger partial charge in [-0.3, -0.25) is 9.35 Å². The third kappa shape index (κ3) is 3.00. The molecule has 29 heavy (non-hydrogen) atoms. The fourth-order valence-corrected chi connectivity index (χ4v) is 3.92. The van der Waals surface area contributed by atoms with Crippen LogP contribution >= 0.6 is 0 Å². The van der Waals surface area contributed by atoms with Crippen molar-refractivity contribution in [2.75, 3.05) is 0 Å². The molecule has 7 nitrogen and oxygen atoms in total. The van der Waals surface area contributed by atoms with Crippen molar-refractivity contribution < 1.29 is 52.1 Å². The second-order valence-electron chi connectivity index (χ2n) is 6.37. The fraction of sp³-hybridized carbons (Fsp3) is 0. The van der Waals surface area contributed by atoms with Crippen LogP contribution < -0.4 is 40.1 Å². The van der Waals surface area contributed by atoms with E-state index in [-0.39, 0.29) is 56.9 Å². The fourth-order valence-electron chi connectivity index (χ4n) is 3.40. The first-order valence-corrected chi connectivity index (χ1v) is 9.65. The molecule has 0 saturated heterocycles. The number of hydrogen-bond donors (Lipinski definition) is 1. The normalized spacial score (nSPS) is 11.9. The van der Waals surface area contributed by atoms with E-state index in [0.717, 1.165) is 0 Å². The summed E-state index contributed by atoms with van der Waals surface area (Å²) in [5.74, 6) is -0.880. The van der Waals surface area contributed by atoms with Crippen LogP contribution in [0.1, 0.15) is 0 Å². The summed E-state index contributed by atoms with van der Waals surface area (Å²) in [6.45, 7) is 0. The minimum absolute atomic E-state index is 0. The van der Waals surface area contributed by atoms with Gasteiger partial charge in [-0.25, -0.2) is 4.98 Å². The molecule has 0 spiro atoms. The summed E-state index contributed by atoms with van der Waals surface area (Å²) < 4.78 is 37.8. The van der Waals surface area contributed by atoms with Crippen molar-refractivity contribution in [1.29, 1.82) is 0 Å². The molecule has 0 amide bonds. The van der Waals surface area contributed by atoms with Crippen molar-refractivity contribution in [2.45, 2.75) is 4.90 Å². The number of fused-ring (bicyclic) bond motifs is 6. The SMILES string of the molecule is O=c1c([O-])c2oc3ccc4cc(S(=O)(=O)O)ccc4c3nc-2c2ccccc12.[Na+]. The first kappa shape index (κ1) is 19.8. The van der Waals surface area contributed by atoms with E-state index in [1.807, 2.05) is 0 Å². The maximum atomic E-state index is 12.5. The molecule has 0 unspecified atom stereocenters. The van der Waals surface area contributed by atoms with Gasteiger partial charge in [0.1, 0.15) is 17.0 Å². The third-order valence-corrected chi connectivity index (χ3v) is 5.56. The minimum Gasteiger partial charge on any atom is -0.867 e. The largest absolute Gasteiger partial charge is 1.00 e. The average molecular weight is 415 g/mol. The number of nitrogens with zero attached hydrogens (tertiary/aromatic N) is 1. The Kier molecular flexibility index (Phi) is 4.64. The summed E-state index contributed by atoms with van der Waals surface area (Å²) >= 11 is 0. The van der Waals surface area contributed by atoms with E-state index in [4.69, 9.17) is 4.42 Å². The third-order valence-electron chi connectivity index (χ3n) is 4.71. The van der Waals surface area contributed by atoms with Crippen molar-refractivity contribution >= 4 is 42.8 Å². The molecule has 2 aliphatic rings. The Labute approximate surface area is 186 Å². The maximum absolute atomic E-state index is 12.5. The Morgan fingerprint density at radius 3 is 2.41 bits per heavy atom. The van der Waals surface area contributed by atoms with Gasteiger partial charge in [-0.05, 0) is 29.3 Å². The molecule has 0 atom stereocenters. The van der Waals surface area contributed by atoms with Crippen LogP contribution in [0.3, 0.4) is 0 Å². The maximum Gasteiger partial charge on any atom is 1.00 e. The number of aromatic nitrogens is 1. The van der Waals surface area contributed by atoms with Crippen LogP contribution in [0, 0.1) is 0 Å². The summed E-state index contributed by atoms with van der Waals surface area (Å²) in [7, 11) is -4.34. The molecule has 3 aromatic rings. The van der Waals surface area contributed by atoms with E-state index < -0.39 is 21.3 Å². The van der Waals surface area contributed by atoms with Crippen LogP contribution in [0.4, 0.5) is 0 Å². The zero-order valence-corrected chi connectivity index (χ0v) is 17.9. The van der Waals surface area contributed by atoms with E-state index >= 15 is 0 Å². The molecule has 0 fully saturated rings. The van der Waals surface area contributed by atoms with Gasteiger partial charge in [-0.2, -0.15) is 8.42 Å². The number of rotatable bonds is 1. The van der Waals surface area contributed by atoms with Gasteiger partial charge in [0.05, 0.1) is 4.90 Å². The van der Waals surface area contributed by atoms with Crippen LogP contribution in [0.5, 0.6) is 5.75 Å². The van der Waals surface area contributed by atoms with Crippen molar-refractivity contribution in [2.24, 2.45) is 0 Å². The quantitative estimate of drug-likeness (QED) is 0.176. The van der Waals surface area contributed by atoms with Crippen LogP contribution in [0.2, 0.25) is 0 Å².